The molecule has 3 aliphatic rings. The fourth-order valence-corrected chi connectivity index (χ4v) is 7.05. The number of carbonyl (C=O) groups is 1. The zero-order valence-corrected chi connectivity index (χ0v) is 23.4. The largest absolute Gasteiger partial charge is 0.489 e. The molecule has 0 unspecified atom stereocenters. The molecule has 202 valence electrons. The van der Waals surface area contributed by atoms with Gasteiger partial charge in [0.2, 0.25) is 0 Å². The minimum absolute atomic E-state index is 0.0229. The number of nitrogens with one attached hydrogen (secondary N) is 2. The van der Waals surface area contributed by atoms with Crippen LogP contribution in [0.25, 0.3) is 0 Å². The Kier molecular flexibility index (Phi) is 7.10. The average molecular weight is 537 g/mol. The van der Waals surface area contributed by atoms with E-state index in [1.807, 2.05) is 24.3 Å². The Bertz CT molecular complexity index is 1210. The molecule has 2 aromatic rings. The van der Waals surface area contributed by atoms with Gasteiger partial charge in [-0.2, -0.15) is 5.26 Å². The van der Waals surface area contributed by atoms with E-state index >= 15 is 0 Å². The van der Waals surface area contributed by atoms with Gasteiger partial charge in [0.25, 0.3) is 5.91 Å². The molecule has 0 radical (unpaired) electrons. The van der Waals surface area contributed by atoms with Crippen molar-refractivity contribution in [2.45, 2.75) is 58.3 Å². The Labute approximate surface area is 230 Å². The number of ether oxygens (including phenoxy) is 2. The van der Waals surface area contributed by atoms with Crippen LogP contribution < -0.4 is 20.3 Å². The first kappa shape index (κ1) is 26.8. The number of nitriles is 1. The molecule has 2 saturated heterocycles. The highest BCUT2D eigenvalue weighted by molar-refractivity contribution is 6.31. The van der Waals surface area contributed by atoms with E-state index in [1.165, 1.54) is 0 Å². The summed E-state index contributed by atoms with van der Waals surface area (Å²) in [6.07, 6.45) is 1.87. The molecule has 2 aliphatic heterocycles. The zero-order chi connectivity index (χ0) is 27.1. The SMILES string of the molecule is CC1(C)C(NC(=O)c2ccc(N3CCC4(CC3)CNCCO4)cc2)C(C)(C)C1Oc1ccc(C#N)c(Cl)c1. The average Bonchev–Trinajstić information content (AvgIpc) is 2.91. The fraction of sp³-hybridized carbons (Fsp3) is 0.533. The Balaban J connectivity index is 1.20. The number of halogens is 1. The monoisotopic (exact) mass is 536 g/mol. The number of hydrogen-bond donors (Lipinski definition) is 2. The van der Waals surface area contributed by atoms with Crippen molar-refractivity contribution >= 4 is 23.2 Å². The second-order valence-corrected chi connectivity index (χ2v) is 12.4. The van der Waals surface area contributed by atoms with Crippen LogP contribution in [0, 0.1) is 22.2 Å². The number of nitrogens with zero attached hydrogens (tertiary/aromatic N) is 2. The molecule has 0 atom stereocenters. The zero-order valence-electron chi connectivity index (χ0n) is 22.6. The van der Waals surface area contributed by atoms with Crippen molar-refractivity contribution in [3.05, 3.63) is 58.6 Å². The Morgan fingerprint density at radius 3 is 2.39 bits per heavy atom. The van der Waals surface area contributed by atoms with E-state index in [9.17, 15) is 4.79 Å². The topological polar surface area (TPSA) is 86.6 Å². The van der Waals surface area contributed by atoms with E-state index in [0.717, 1.165) is 51.3 Å². The minimum Gasteiger partial charge on any atom is -0.489 e. The summed E-state index contributed by atoms with van der Waals surface area (Å²) in [5.74, 6) is 0.539. The fourth-order valence-electron chi connectivity index (χ4n) is 6.83. The molecule has 2 aromatic carbocycles. The normalized spacial score (nSPS) is 25.2. The molecular weight excluding hydrogens is 500 g/mol. The summed E-state index contributed by atoms with van der Waals surface area (Å²) in [6.45, 7) is 13.0. The van der Waals surface area contributed by atoms with Gasteiger partial charge in [-0.3, -0.25) is 4.79 Å². The number of benzene rings is 2. The van der Waals surface area contributed by atoms with Crippen molar-refractivity contribution in [2.24, 2.45) is 10.8 Å². The molecule has 8 heteroatoms. The van der Waals surface area contributed by atoms with Crippen molar-refractivity contribution in [1.82, 2.24) is 10.6 Å². The molecule has 0 bridgehead atoms. The van der Waals surface area contributed by atoms with Crippen LogP contribution in [0.15, 0.2) is 42.5 Å². The molecule has 38 heavy (non-hydrogen) atoms. The molecule has 3 fully saturated rings. The molecule has 7 nitrogen and oxygen atoms in total. The third-order valence-corrected chi connectivity index (χ3v) is 9.05. The first-order valence-electron chi connectivity index (χ1n) is 13.4. The summed E-state index contributed by atoms with van der Waals surface area (Å²) in [6, 6.07) is 15.0. The number of rotatable bonds is 5. The van der Waals surface area contributed by atoms with Crippen LogP contribution in [-0.2, 0) is 4.74 Å². The predicted octanol–water partition coefficient (Wildman–Crippen LogP) is 4.78. The lowest BCUT2D eigenvalue weighted by Crippen LogP contribution is -2.74. The summed E-state index contributed by atoms with van der Waals surface area (Å²) in [7, 11) is 0. The van der Waals surface area contributed by atoms with Gasteiger partial charge in [0.15, 0.2) is 0 Å². The summed E-state index contributed by atoms with van der Waals surface area (Å²) < 4.78 is 12.5. The molecule has 1 spiro atoms. The maximum atomic E-state index is 13.3. The Morgan fingerprint density at radius 2 is 1.82 bits per heavy atom. The maximum Gasteiger partial charge on any atom is 0.251 e. The molecule has 2 heterocycles. The Morgan fingerprint density at radius 1 is 1.13 bits per heavy atom. The van der Waals surface area contributed by atoms with Gasteiger partial charge in [0, 0.05) is 60.4 Å². The van der Waals surface area contributed by atoms with E-state index < -0.39 is 0 Å². The molecular formula is C30H37ClN4O3. The van der Waals surface area contributed by atoms with Gasteiger partial charge >= 0.3 is 0 Å². The summed E-state index contributed by atoms with van der Waals surface area (Å²) in [4.78, 5) is 15.6. The predicted molar refractivity (Wildman–Crippen MR) is 149 cm³/mol. The van der Waals surface area contributed by atoms with E-state index in [2.05, 4.69) is 49.3 Å². The van der Waals surface area contributed by atoms with Gasteiger partial charge in [0.05, 0.1) is 22.8 Å². The molecule has 2 N–H and O–H groups in total. The van der Waals surface area contributed by atoms with Crippen LogP contribution in [0.1, 0.15) is 56.5 Å². The Hall–Kier alpha value is -2.79. The molecule has 5 rings (SSSR count). The van der Waals surface area contributed by atoms with Crippen LogP contribution in [0.2, 0.25) is 5.02 Å². The highest BCUT2D eigenvalue weighted by Gasteiger charge is 2.64. The number of hydrogen-bond acceptors (Lipinski definition) is 6. The van der Waals surface area contributed by atoms with Gasteiger partial charge < -0.3 is 25.0 Å². The molecule has 0 aromatic heterocycles. The maximum absolute atomic E-state index is 13.3. The highest BCUT2D eigenvalue weighted by Crippen LogP contribution is 2.55. The van der Waals surface area contributed by atoms with Gasteiger partial charge in [-0.25, -0.2) is 0 Å². The summed E-state index contributed by atoms with van der Waals surface area (Å²) in [5, 5.41) is 16.2. The van der Waals surface area contributed by atoms with Crippen LogP contribution in [0.4, 0.5) is 5.69 Å². The standard InChI is InChI=1S/C30H37ClN4O3/c1-28(2)26(29(3,4)27(28)38-23-10-7-21(18-32)24(31)17-23)34-25(36)20-5-8-22(9-6-20)35-14-11-30(12-15-35)19-33-13-16-37-30/h5-10,17,26-27,33H,11-16,19H2,1-4H3,(H,34,36). The van der Waals surface area contributed by atoms with Gasteiger partial charge in [-0.05, 0) is 49.2 Å². The van der Waals surface area contributed by atoms with Gasteiger partial charge in [-0.15, -0.1) is 0 Å². The second-order valence-electron chi connectivity index (χ2n) is 12.0. The minimum atomic E-state index is -0.306. The number of morpholine rings is 1. The highest BCUT2D eigenvalue weighted by atomic mass is 35.5. The first-order chi connectivity index (χ1) is 18.1. The van der Waals surface area contributed by atoms with Crippen LogP contribution in [-0.4, -0.2) is 56.4 Å². The van der Waals surface area contributed by atoms with E-state index in [0.29, 0.717) is 21.9 Å². The molecule has 1 amide bonds. The van der Waals surface area contributed by atoms with Crippen molar-refractivity contribution < 1.29 is 14.3 Å². The second kappa shape index (κ2) is 10.1. The van der Waals surface area contributed by atoms with Crippen molar-refractivity contribution in [1.29, 1.82) is 5.26 Å². The summed E-state index contributed by atoms with van der Waals surface area (Å²) >= 11 is 6.21. The van der Waals surface area contributed by atoms with E-state index in [4.69, 9.17) is 26.3 Å². The van der Waals surface area contributed by atoms with Crippen molar-refractivity contribution in [2.75, 3.05) is 37.7 Å². The van der Waals surface area contributed by atoms with Crippen molar-refractivity contribution in [3.8, 4) is 11.8 Å². The lowest BCUT2D eigenvalue weighted by molar-refractivity contribution is -0.164. The summed E-state index contributed by atoms with van der Waals surface area (Å²) in [5.41, 5.74) is 1.57. The first-order valence-corrected chi connectivity index (χ1v) is 13.8. The third-order valence-electron chi connectivity index (χ3n) is 8.73. The van der Waals surface area contributed by atoms with E-state index in [1.54, 1.807) is 18.2 Å². The van der Waals surface area contributed by atoms with Gasteiger partial charge in [0.1, 0.15) is 17.9 Å². The lowest BCUT2D eigenvalue weighted by atomic mass is 9.49. The lowest BCUT2D eigenvalue weighted by Gasteiger charge is -2.63. The smallest absolute Gasteiger partial charge is 0.251 e. The number of amides is 1. The van der Waals surface area contributed by atoms with Crippen LogP contribution in [0.5, 0.6) is 5.75 Å². The van der Waals surface area contributed by atoms with E-state index in [-0.39, 0.29) is 34.5 Å². The number of anilines is 1. The number of piperidine rings is 1. The quantitative estimate of drug-likeness (QED) is 0.572. The van der Waals surface area contributed by atoms with Crippen LogP contribution in [0.3, 0.4) is 0 Å². The number of carbonyl (C=O) groups excluding carboxylic acids is 1. The molecule has 1 saturated carbocycles. The van der Waals surface area contributed by atoms with Crippen molar-refractivity contribution in [3.63, 3.8) is 0 Å². The molecule has 1 aliphatic carbocycles. The van der Waals surface area contributed by atoms with Crippen LogP contribution >= 0.6 is 11.6 Å². The third kappa shape index (κ3) is 4.86. The van der Waals surface area contributed by atoms with Gasteiger partial charge in [-0.1, -0.05) is 39.3 Å².